The van der Waals surface area contributed by atoms with Crippen LogP contribution in [-0.2, 0) is 19.8 Å². The minimum absolute atomic E-state index is 0.0664. The molecule has 1 aliphatic heterocycles. The summed E-state index contributed by atoms with van der Waals surface area (Å²) in [6.07, 6.45) is -3.10. The van der Waals surface area contributed by atoms with Crippen molar-refractivity contribution in [2.75, 3.05) is 37.6 Å². The number of benzene rings is 1. The van der Waals surface area contributed by atoms with E-state index < -0.39 is 11.9 Å². The molecule has 0 saturated carbocycles. The molecule has 1 N–H and O–H groups in total. The van der Waals surface area contributed by atoms with Crippen LogP contribution in [0.25, 0.3) is 0 Å². The van der Waals surface area contributed by atoms with Crippen LogP contribution in [0, 0.1) is 6.92 Å². The number of rotatable bonds is 4. The van der Waals surface area contributed by atoms with Gasteiger partial charge in [-0.2, -0.15) is 18.3 Å². The summed E-state index contributed by atoms with van der Waals surface area (Å²) >= 11 is 0. The van der Waals surface area contributed by atoms with Crippen molar-refractivity contribution in [3.8, 4) is 0 Å². The van der Waals surface area contributed by atoms with Gasteiger partial charge < -0.3 is 15.1 Å². The second-order valence-electron chi connectivity index (χ2n) is 7.16. The van der Waals surface area contributed by atoms with Gasteiger partial charge in [0.2, 0.25) is 0 Å². The zero-order valence-electron chi connectivity index (χ0n) is 17.0. The Kier molecular flexibility index (Phi) is 6.34. The van der Waals surface area contributed by atoms with Crippen LogP contribution in [-0.4, -0.2) is 53.4 Å². The number of aliphatic imine (C=N–C) groups is 1. The largest absolute Gasteiger partial charge is 0.435 e. The number of aromatic nitrogens is 2. The molecule has 0 aliphatic carbocycles. The van der Waals surface area contributed by atoms with Crippen LogP contribution >= 0.6 is 0 Å². The number of hydrogen-bond donors (Lipinski definition) is 1. The van der Waals surface area contributed by atoms with Gasteiger partial charge in [-0.25, -0.2) is 4.99 Å². The van der Waals surface area contributed by atoms with E-state index >= 15 is 0 Å². The minimum Gasteiger partial charge on any atom is -0.368 e. The third kappa shape index (κ3) is 5.21. The summed E-state index contributed by atoms with van der Waals surface area (Å²) in [6.45, 7) is 7.76. The van der Waals surface area contributed by atoms with Crippen molar-refractivity contribution in [2.24, 2.45) is 12.0 Å². The van der Waals surface area contributed by atoms with E-state index in [9.17, 15) is 13.2 Å². The minimum atomic E-state index is -4.48. The maximum atomic E-state index is 13.2. The van der Waals surface area contributed by atoms with E-state index in [0.717, 1.165) is 26.2 Å². The molecule has 1 aromatic carbocycles. The first-order valence-corrected chi connectivity index (χ1v) is 9.72. The Morgan fingerprint density at radius 2 is 1.93 bits per heavy atom. The molecule has 1 aliphatic rings. The monoisotopic (exact) mass is 408 g/mol. The summed E-state index contributed by atoms with van der Waals surface area (Å²) in [6, 6.07) is 8.39. The maximum absolute atomic E-state index is 13.2. The smallest absolute Gasteiger partial charge is 0.368 e. The molecule has 2 heterocycles. The Hall–Kier alpha value is -2.71. The summed E-state index contributed by atoms with van der Waals surface area (Å²) in [5.74, 6) is 0.633. The topological polar surface area (TPSA) is 48.7 Å². The molecule has 2 aromatic rings. The molecule has 1 saturated heterocycles. The standard InChI is InChI=1S/C20H27F3N6/c1-4-24-19(25-13-16-14-27(3)26-18(16)20(21,22)23)29-10-8-28(9-11-29)17-7-5-6-15(2)12-17/h5-7,12,14H,4,8-11,13H2,1-3H3,(H,24,25). The Labute approximate surface area is 169 Å². The van der Waals surface area contributed by atoms with Crippen molar-refractivity contribution in [1.29, 1.82) is 0 Å². The van der Waals surface area contributed by atoms with Crippen LogP contribution in [0.3, 0.4) is 0 Å². The third-order valence-corrected chi connectivity index (χ3v) is 4.85. The van der Waals surface area contributed by atoms with Crippen LogP contribution in [0.15, 0.2) is 35.5 Å². The van der Waals surface area contributed by atoms with Gasteiger partial charge >= 0.3 is 6.18 Å². The summed E-state index contributed by atoms with van der Waals surface area (Å²) in [4.78, 5) is 8.88. The van der Waals surface area contributed by atoms with Gasteiger partial charge in [-0.15, -0.1) is 0 Å². The Balaban J connectivity index is 1.69. The van der Waals surface area contributed by atoms with Crippen molar-refractivity contribution in [1.82, 2.24) is 20.0 Å². The lowest BCUT2D eigenvalue weighted by molar-refractivity contribution is -0.142. The molecule has 29 heavy (non-hydrogen) atoms. The van der Waals surface area contributed by atoms with E-state index in [1.165, 1.54) is 29.2 Å². The molecular weight excluding hydrogens is 381 g/mol. The van der Waals surface area contributed by atoms with Gasteiger partial charge in [0.1, 0.15) is 0 Å². The second kappa shape index (κ2) is 8.75. The fourth-order valence-corrected chi connectivity index (χ4v) is 3.48. The molecule has 1 fully saturated rings. The zero-order valence-corrected chi connectivity index (χ0v) is 17.0. The predicted octanol–water partition coefficient (Wildman–Crippen LogP) is 3.04. The zero-order chi connectivity index (χ0) is 21.0. The quantitative estimate of drug-likeness (QED) is 0.624. The molecule has 6 nitrogen and oxygen atoms in total. The lowest BCUT2D eigenvalue weighted by atomic mass is 10.2. The van der Waals surface area contributed by atoms with E-state index in [0.29, 0.717) is 12.5 Å². The number of alkyl halides is 3. The van der Waals surface area contributed by atoms with Crippen molar-refractivity contribution in [2.45, 2.75) is 26.6 Å². The van der Waals surface area contributed by atoms with Crippen LogP contribution in [0.4, 0.5) is 18.9 Å². The molecule has 0 spiro atoms. The highest BCUT2D eigenvalue weighted by molar-refractivity contribution is 5.80. The van der Waals surface area contributed by atoms with Gasteiger partial charge in [0, 0.05) is 57.2 Å². The highest BCUT2D eigenvalue weighted by Crippen LogP contribution is 2.30. The lowest BCUT2D eigenvalue weighted by Gasteiger charge is -2.37. The molecule has 0 amide bonds. The highest BCUT2D eigenvalue weighted by Gasteiger charge is 2.36. The summed E-state index contributed by atoms with van der Waals surface area (Å²) in [5, 5.41) is 6.75. The van der Waals surface area contributed by atoms with E-state index in [-0.39, 0.29) is 12.1 Å². The Bertz CT molecular complexity index is 850. The first kappa shape index (κ1) is 21.0. The highest BCUT2D eigenvalue weighted by atomic mass is 19.4. The molecule has 158 valence electrons. The SMILES string of the molecule is CCNC(=NCc1cn(C)nc1C(F)(F)F)N1CCN(c2cccc(C)c2)CC1. The van der Waals surface area contributed by atoms with Gasteiger partial charge in [-0.05, 0) is 31.5 Å². The van der Waals surface area contributed by atoms with Crippen molar-refractivity contribution >= 4 is 11.6 Å². The number of nitrogens with one attached hydrogen (secondary N) is 1. The fraction of sp³-hybridized carbons (Fsp3) is 0.500. The number of anilines is 1. The molecule has 9 heteroatoms. The normalized spacial score (nSPS) is 15.7. The van der Waals surface area contributed by atoms with Crippen molar-refractivity contribution in [3.63, 3.8) is 0 Å². The average molecular weight is 408 g/mol. The average Bonchev–Trinajstić information content (AvgIpc) is 3.06. The van der Waals surface area contributed by atoms with Gasteiger partial charge in [0.05, 0.1) is 6.54 Å². The number of aryl methyl sites for hydroxylation is 2. The van der Waals surface area contributed by atoms with E-state index in [1.807, 2.05) is 6.92 Å². The predicted molar refractivity (Wildman–Crippen MR) is 108 cm³/mol. The molecule has 0 radical (unpaired) electrons. The Morgan fingerprint density at radius 3 is 2.55 bits per heavy atom. The first-order valence-electron chi connectivity index (χ1n) is 9.72. The second-order valence-corrected chi connectivity index (χ2v) is 7.16. The Morgan fingerprint density at radius 1 is 1.21 bits per heavy atom. The van der Waals surface area contributed by atoms with E-state index in [4.69, 9.17) is 0 Å². The summed E-state index contributed by atoms with van der Waals surface area (Å²) in [5.41, 5.74) is 1.62. The molecule has 0 atom stereocenters. The van der Waals surface area contributed by atoms with Crippen LogP contribution in [0.5, 0.6) is 0 Å². The molecular formula is C20H27F3N6. The first-order chi connectivity index (χ1) is 13.8. The maximum Gasteiger partial charge on any atom is 0.435 e. The molecule has 0 bridgehead atoms. The number of halogens is 3. The van der Waals surface area contributed by atoms with Gasteiger partial charge in [0.25, 0.3) is 0 Å². The molecule has 3 rings (SSSR count). The van der Waals surface area contributed by atoms with Gasteiger partial charge in [-0.1, -0.05) is 12.1 Å². The summed E-state index contributed by atoms with van der Waals surface area (Å²) < 4.78 is 40.7. The molecule has 1 aromatic heterocycles. The summed E-state index contributed by atoms with van der Waals surface area (Å²) in [7, 11) is 1.48. The molecule has 0 unspecified atom stereocenters. The number of hydrogen-bond acceptors (Lipinski definition) is 3. The van der Waals surface area contributed by atoms with Crippen LogP contribution in [0.2, 0.25) is 0 Å². The van der Waals surface area contributed by atoms with Crippen LogP contribution < -0.4 is 10.2 Å². The number of guanidine groups is 1. The van der Waals surface area contributed by atoms with E-state index in [1.54, 1.807) is 0 Å². The van der Waals surface area contributed by atoms with Gasteiger partial charge in [0.15, 0.2) is 11.7 Å². The number of nitrogens with zero attached hydrogens (tertiary/aromatic N) is 5. The third-order valence-electron chi connectivity index (χ3n) is 4.85. The van der Waals surface area contributed by atoms with Crippen LogP contribution in [0.1, 0.15) is 23.7 Å². The lowest BCUT2D eigenvalue weighted by Crippen LogP contribution is -2.52. The fourth-order valence-electron chi connectivity index (χ4n) is 3.48. The van der Waals surface area contributed by atoms with Crippen molar-refractivity contribution in [3.05, 3.63) is 47.3 Å². The van der Waals surface area contributed by atoms with Gasteiger partial charge in [-0.3, -0.25) is 4.68 Å². The van der Waals surface area contributed by atoms with Crippen molar-refractivity contribution < 1.29 is 13.2 Å². The van der Waals surface area contributed by atoms with E-state index in [2.05, 4.69) is 56.4 Å². The number of piperazine rings is 1.